The van der Waals surface area contributed by atoms with Gasteiger partial charge in [-0.05, 0) is 32.0 Å². The number of rotatable bonds is 5. The molecule has 1 atom stereocenters. The molecule has 0 fully saturated rings. The lowest BCUT2D eigenvalue weighted by Gasteiger charge is -2.14. The number of carbonyl (C=O) groups is 1. The van der Waals surface area contributed by atoms with Gasteiger partial charge in [-0.15, -0.1) is 0 Å². The highest BCUT2D eigenvalue weighted by molar-refractivity contribution is 5.96. The first kappa shape index (κ1) is 12.5. The zero-order chi connectivity index (χ0) is 12.1. The van der Waals surface area contributed by atoms with Crippen molar-refractivity contribution in [3.63, 3.8) is 0 Å². The summed E-state index contributed by atoms with van der Waals surface area (Å²) in [6.07, 6.45) is 0.0976. The molecule has 0 bridgehead atoms. The summed E-state index contributed by atoms with van der Waals surface area (Å²) < 4.78 is 5.12. The standard InChI is InChI=1S/C12H18N2O2/c1-8(16-3)7-14-12-6-10(9(2)15)4-5-11(12)13/h4-6,8,14H,7,13H2,1-3H3/t8-/m1/s1. The molecule has 0 aliphatic carbocycles. The molecule has 0 radical (unpaired) electrons. The molecule has 4 heteroatoms. The Balaban J connectivity index is 2.78. The van der Waals surface area contributed by atoms with Gasteiger partial charge in [0.2, 0.25) is 0 Å². The molecule has 0 aromatic heterocycles. The van der Waals surface area contributed by atoms with Gasteiger partial charge >= 0.3 is 0 Å². The van der Waals surface area contributed by atoms with Gasteiger partial charge in [0.05, 0.1) is 17.5 Å². The molecule has 0 saturated heterocycles. The van der Waals surface area contributed by atoms with E-state index in [0.717, 1.165) is 5.69 Å². The average Bonchev–Trinajstić information content (AvgIpc) is 2.27. The van der Waals surface area contributed by atoms with E-state index in [-0.39, 0.29) is 11.9 Å². The van der Waals surface area contributed by atoms with Crippen LogP contribution in [-0.2, 0) is 4.74 Å². The summed E-state index contributed by atoms with van der Waals surface area (Å²) in [4.78, 5) is 11.2. The number of nitrogens with two attached hydrogens (primary N) is 1. The summed E-state index contributed by atoms with van der Waals surface area (Å²) in [5, 5.41) is 3.16. The number of nitrogens with one attached hydrogen (secondary N) is 1. The zero-order valence-electron chi connectivity index (χ0n) is 9.91. The highest BCUT2D eigenvalue weighted by Crippen LogP contribution is 2.20. The van der Waals surface area contributed by atoms with Crippen LogP contribution in [0.4, 0.5) is 11.4 Å². The predicted octanol–water partition coefficient (Wildman–Crippen LogP) is 1.92. The van der Waals surface area contributed by atoms with Gasteiger partial charge in [0.1, 0.15) is 0 Å². The average molecular weight is 222 g/mol. The molecular formula is C12H18N2O2. The predicted molar refractivity (Wildman–Crippen MR) is 65.8 cm³/mol. The van der Waals surface area contributed by atoms with Crippen molar-refractivity contribution in [3.05, 3.63) is 23.8 Å². The first-order valence-electron chi connectivity index (χ1n) is 5.21. The molecule has 0 aliphatic heterocycles. The van der Waals surface area contributed by atoms with Gasteiger partial charge in [0, 0.05) is 19.2 Å². The summed E-state index contributed by atoms with van der Waals surface area (Å²) in [5.74, 6) is 0.0304. The van der Waals surface area contributed by atoms with E-state index in [4.69, 9.17) is 10.5 Å². The molecule has 88 valence electrons. The van der Waals surface area contributed by atoms with Gasteiger partial charge in [0.15, 0.2) is 5.78 Å². The van der Waals surface area contributed by atoms with Gasteiger partial charge in [-0.25, -0.2) is 0 Å². The van der Waals surface area contributed by atoms with E-state index < -0.39 is 0 Å². The van der Waals surface area contributed by atoms with Crippen LogP contribution >= 0.6 is 0 Å². The highest BCUT2D eigenvalue weighted by atomic mass is 16.5. The molecule has 3 N–H and O–H groups in total. The van der Waals surface area contributed by atoms with Crippen molar-refractivity contribution in [2.45, 2.75) is 20.0 Å². The molecule has 0 saturated carbocycles. The normalized spacial score (nSPS) is 12.2. The van der Waals surface area contributed by atoms with Gasteiger partial charge < -0.3 is 15.8 Å². The Labute approximate surface area is 95.8 Å². The van der Waals surface area contributed by atoms with Crippen molar-refractivity contribution >= 4 is 17.2 Å². The monoisotopic (exact) mass is 222 g/mol. The van der Waals surface area contributed by atoms with E-state index in [1.54, 1.807) is 25.3 Å². The fraction of sp³-hybridized carbons (Fsp3) is 0.417. The Morgan fingerprint density at radius 1 is 1.56 bits per heavy atom. The van der Waals surface area contributed by atoms with E-state index in [1.807, 2.05) is 6.92 Å². The lowest BCUT2D eigenvalue weighted by Crippen LogP contribution is -2.18. The van der Waals surface area contributed by atoms with E-state index >= 15 is 0 Å². The third-order valence-electron chi connectivity index (χ3n) is 2.44. The number of benzene rings is 1. The lowest BCUT2D eigenvalue weighted by molar-refractivity contribution is 0.101. The minimum Gasteiger partial charge on any atom is -0.397 e. The number of ketones is 1. The maximum atomic E-state index is 11.2. The van der Waals surface area contributed by atoms with E-state index in [1.165, 1.54) is 6.92 Å². The van der Waals surface area contributed by atoms with E-state index in [2.05, 4.69) is 5.32 Å². The largest absolute Gasteiger partial charge is 0.397 e. The number of Topliss-reactive ketones (excluding diaryl/α,β-unsaturated/α-hetero) is 1. The quantitative estimate of drug-likeness (QED) is 0.590. The molecular weight excluding hydrogens is 204 g/mol. The third kappa shape index (κ3) is 3.24. The van der Waals surface area contributed by atoms with Crippen LogP contribution in [0.15, 0.2) is 18.2 Å². The molecule has 16 heavy (non-hydrogen) atoms. The maximum Gasteiger partial charge on any atom is 0.159 e. The van der Waals surface area contributed by atoms with Crippen LogP contribution in [0.25, 0.3) is 0 Å². The van der Waals surface area contributed by atoms with Crippen LogP contribution in [0.1, 0.15) is 24.2 Å². The summed E-state index contributed by atoms with van der Waals surface area (Å²) in [6, 6.07) is 5.22. The van der Waals surface area contributed by atoms with Crippen LogP contribution < -0.4 is 11.1 Å². The number of hydrogen-bond donors (Lipinski definition) is 2. The minimum absolute atomic E-state index is 0.0304. The fourth-order valence-electron chi connectivity index (χ4n) is 1.27. The number of hydrogen-bond acceptors (Lipinski definition) is 4. The van der Waals surface area contributed by atoms with Crippen LogP contribution in [0.3, 0.4) is 0 Å². The minimum atomic E-state index is 0.0304. The smallest absolute Gasteiger partial charge is 0.159 e. The number of ether oxygens (including phenoxy) is 1. The third-order valence-corrected chi connectivity index (χ3v) is 2.44. The molecule has 0 amide bonds. The molecule has 4 nitrogen and oxygen atoms in total. The zero-order valence-corrected chi connectivity index (χ0v) is 9.91. The Morgan fingerprint density at radius 3 is 2.81 bits per heavy atom. The van der Waals surface area contributed by atoms with E-state index in [0.29, 0.717) is 17.8 Å². The molecule has 1 aromatic rings. The number of nitrogen functional groups attached to an aromatic ring is 1. The molecule has 0 unspecified atom stereocenters. The van der Waals surface area contributed by atoms with Crippen molar-refractivity contribution in [3.8, 4) is 0 Å². The summed E-state index contributed by atoms with van der Waals surface area (Å²) >= 11 is 0. The van der Waals surface area contributed by atoms with Crippen LogP contribution in [0.5, 0.6) is 0 Å². The van der Waals surface area contributed by atoms with Gasteiger partial charge in [-0.1, -0.05) is 0 Å². The van der Waals surface area contributed by atoms with Crippen LogP contribution in [0, 0.1) is 0 Å². The first-order valence-corrected chi connectivity index (χ1v) is 5.21. The van der Waals surface area contributed by atoms with Gasteiger partial charge in [-0.3, -0.25) is 4.79 Å². The molecule has 1 aromatic carbocycles. The Hall–Kier alpha value is -1.55. The molecule has 0 spiro atoms. The maximum absolute atomic E-state index is 11.2. The Morgan fingerprint density at radius 2 is 2.25 bits per heavy atom. The van der Waals surface area contributed by atoms with Crippen LogP contribution in [-0.4, -0.2) is 25.5 Å². The van der Waals surface area contributed by atoms with Gasteiger partial charge in [0.25, 0.3) is 0 Å². The van der Waals surface area contributed by atoms with Crippen molar-refractivity contribution in [1.29, 1.82) is 0 Å². The fourth-order valence-corrected chi connectivity index (χ4v) is 1.27. The molecule has 1 rings (SSSR count). The molecule has 0 heterocycles. The summed E-state index contributed by atoms with van der Waals surface area (Å²) in [6.45, 7) is 4.15. The SMILES string of the molecule is CO[C@H](C)CNc1cc(C(C)=O)ccc1N. The second-order valence-corrected chi connectivity index (χ2v) is 3.79. The Kier molecular flexibility index (Phi) is 4.31. The number of methoxy groups -OCH3 is 1. The van der Waals surface area contributed by atoms with Crippen molar-refractivity contribution < 1.29 is 9.53 Å². The van der Waals surface area contributed by atoms with Crippen molar-refractivity contribution in [1.82, 2.24) is 0 Å². The summed E-state index contributed by atoms with van der Waals surface area (Å²) in [7, 11) is 1.65. The van der Waals surface area contributed by atoms with Crippen molar-refractivity contribution in [2.75, 3.05) is 24.7 Å². The van der Waals surface area contributed by atoms with Crippen LogP contribution in [0.2, 0.25) is 0 Å². The lowest BCUT2D eigenvalue weighted by atomic mass is 10.1. The second kappa shape index (κ2) is 5.51. The summed E-state index contributed by atoms with van der Waals surface area (Å²) in [5.41, 5.74) is 7.86. The molecule has 0 aliphatic rings. The Bertz CT molecular complexity index is 377. The first-order chi connectivity index (χ1) is 7.54. The topological polar surface area (TPSA) is 64.3 Å². The van der Waals surface area contributed by atoms with E-state index in [9.17, 15) is 4.79 Å². The second-order valence-electron chi connectivity index (χ2n) is 3.79. The number of carbonyl (C=O) groups excluding carboxylic acids is 1. The number of anilines is 2. The van der Waals surface area contributed by atoms with Gasteiger partial charge in [-0.2, -0.15) is 0 Å². The highest BCUT2D eigenvalue weighted by Gasteiger charge is 2.05. The van der Waals surface area contributed by atoms with Crippen molar-refractivity contribution in [2.24, 2.45) is 0 Å².